The number of thiophene rings is 1. The third-order valence-corrected chi connectivity index (χ3v) is 16.2. The molecular formula is C70H52N4OS. The van der Waals surface area contributed by atoms with Crippen LogP contribution in [0.15, 0.2) is 249 Å². The minimum atomic E-state index is -0.0470. The van der Waals surface area contributed by atoms with E-state index in [1.54, 1.807) is 0 Å². The van der Waals surface area contributed by atoms with E-state index in [1.165, 1.54) is 64.5 Å². The molecule has 1 aliphatic heterocycles. The van der Waals surface area contributed by atoms with Crippen molar-refractivity contribution < 1.29 is 4.74 Å². The Bertz CT molecular complexity index is 4260. The Morgan fingerprint density at radius 3 is 1.70 bits per heavy atom. The second-order valence-corrected chi connectivity index (χ2v) is 21.8. The van der Waals surface area contributed by atoms with Crippen LogP contribution in [-0.2, 0) is 5.41 Å². The normalized spacial score (nSPS) is 12.6. The summed E-state index contributed by atoms with van der Waals surface area (Å²) < 4.78 is 11.8. The zero-order chi connectivity index (χ0) is 50.9. The summed E-state index contributed by atoms with van der Waals surface area (Å²) in [6, 6.07) is 87.6. The monoisotopic (exact) mass is 996 g/mol. The van der Waals surface area contributed by atoms with Crippen molar-refractivity contribution in [1.82, 2.24) is 9.55 Å². The zero-order valence-electron chi connectivity index (χ0n) is 42.5. The van der Waals surface area contributed by atoms with E-state index in [2.05, 4.69) is 278 Å². The Hall–Kier alpha value is -9.23. The predicted molar refractivity (Wildman–Crippen MR) is 320 cm³/mol. The second kappa shape index (κ2) is 18.3. The van der Waals surface area contributed by atoms with Crippen molar-refractivity contribution in [2.45, 2.75) is 26.2 Å². The van der Waals surface area contributed by atoms with Crippen molar-refractivity contribution in [2.75, 3.05) is 16.5 Å². The van der Waals surface area contributed by atoms with Crippen molar-refractivity contribution in [3.63, 3.8) is 0 Å². The van der Waals surface area contributed by atoms with Crippen LogP contribution in [0, 0.1) is 0 Å². The van der Waals surface area contributed by atoms with E-state index in [9.17, 15) is 0 Å². The van der Waals surface area contributed by atoms with E-state index in [0.717, 1.165) is 67.6 Å². The average molecular weight is 997 g/mol. The van der Waals surface area contributed by atoms with Crippen LogP contribution in [-0.4, -0.2) is 16.2 Å². The number of hydrogen-bond acceptors (Lipinski definition) is 5. The summed E-state index contributed by atoms with van der Waals surface area (Å²) in [5.41, 5.74) is 17.2. The summed E-state index contributed by atoms with van der Waals surface area (Å²) in [6.07, 6.45) is 1.95. The number of hydrogen-bond donors (Lipinski definition) is 0. The van der Waals surface area contributed by atoms with Gasteiger partial charge in [0.25, 0.3) is 0 Å². The lowest BCUT2D eigenvalue weighted by Crippen LogP contribution is -2.25. The number of nitrogens with zero attached hydrogens (tertiary/aromatic N) is 4. The van der Waals surface area contributed by atoms with E-state index in [4.69, 9.17) is 9.72 Å². The fourth-order valence-electron chi connectivity index (χ4n) is 11.5. The van der Waals surface area contributed by atoms with Crippen molar-refractivity contribution >= 4 is 76.1 Å². The number of anilines is 4. The van der Waals surface area contributed by atoms with Crippen molar-refractivity contribution in [1.29, 1.82) is 0 Å². The molecule has 0 aliphatic carbocycles. The van der Waals surface area contributed by atoms with Crippen LogP contribution >= 0.6 is 11.3 Å². The Balaban J connectivity index is 0.881. The van der Waals surface area contributed by atoms with E-state index in [1.807, 2.05) is 17.5 Å². The van der Waals surface area contributed by atoms with Gasteiger partial charge in [0, 0.05) is 66.1 Å². The van der Waals surface area contributed by atoms with E-state index in [0.29, 0.717) is 6.67 Å². The lowest BCUT2D eigenvalue weighted by Gasteiger charge is -2.28. The highest BCUT2D eigenvalue weighted by atomic mass is 32.1. The molecule has 364 valence electrons. The molecule has 10 aromatic carbocycles. The number of para-hydroxylation sites is 3. The molecule has 0 amide bonds. The molecule has 0 unspecified atom stereocenters. The third kappa shape index (κ3) is 7.80. The van der Waals surface area contributed by atoms with Crippen LogP contribution in [0.3, 0.4) is 0 Å². The molecule has 0 radical (unpaired) electrons. The van der Waals surface area contributed by atoms with Crippen molar-refractivity contribution in [3.8, 4) is 61.8 Å². The number of fused-ring (bicyclic) bond motifs is 7. The van der Waals surface area contributed by atoms with Gasteiger partial charge in [-0.2, -0.15) is 0 Å². The molecule has 1 aliphatic rings. The van der Waals surface area contributed by atoms with Crippen molar-refractivity contribution in [2.24, 2.45) is 0 Å². The van der Waals surface area contributed by atoms with Gasteiger partial charge in [-0.05, 0) is 111 Å². The number of benzene rings is 10. The first-order valence-electron chi connectivity index (χ1n) is 26.0. The molecule has 4 heterocycles. The minimum absolute atomic E-state index is 0.0470. The molecule has 0 fully saturated rings. The maximum absolute atomic E-state index is 6.96. The zero-order valence-corrected chi connectivity index (χ0v) is 43.3. The number of ether oxygens (including phenoxy) is 1. The summed E-state index contributed by atoms with van der Waals surface area (Å²) in [5, 5.41) is 4.91. The van der Waals surface area contributed by atoms with Gasteiger partial charge >= 0.3 is 0 Å². The summed E-state index contributed by atoms with van der Waals surface area (Å²) in [4.78, 5) is 9.96. The molecule has 0 spiro atoms. The number of pyridine rings is 1. The number of rotatable bonds is 9. The molecular weight excluding hydrogens is 945 g/mol. The van der Waals surface area contributed by atoms with Gasteiger partial charge in [0.05, 0.1) is 28.1 Å². The van der Waals surface area contributed by atoms with Gasteiger partial charge < -0.3 is 14.5 Å². The molecule has 3 aromatic heterocycles. The summed E-state index contributed by atoms with van der Waals surface area (Å²) >= 11 is 1.84. The Morgan fingerprint density at radius 2 is 1.00 bits per heavy atom. The molecule has 13 aromatic rings. The minimum Gasteiger partial charge on any atom is -0.457 e. The van der Waals surface area contributed by atoms with Crippen LogP contribution in [0.5, 0.6) is 11.5 Å². The molecule has 0 atom stereocenters. The molecule has 0 bridgehead atoms. The third-order valence-electron chi connectivity index (χ3n) is 15.1. The Morgan fingerprint density at radius 1 is 0.421 bits per heavy atom. The highest BCUT2D eigenvalue weighted by molar-refractivity contribution is 7.25. The SMILES string of the molecule is CC(C)(C)c1ccnc(-n2c3cc(Oc4cccc(N5CN(c6c(-c7ccccc7-c7ccccc7)cccc6-c6ccccc6-c6ccccc6)c6ccccc65)c4)ccc3c3cc4c(cc32)sc2ccccc24)c1. The van der Waals surface area contributed by atoms with Gasteiger partial charge in [-0.3, -0.25) is 4.57 Å². The Kier molecular flexibility index (Phi) is 10.9. The number of aromatic nitrogens is 2. The van der Waals surface area contributed by atoms with E-state index < -0.39 is 0 Å². The van der Waals surface area contributed by atoms with Crippen LogP contribution in [0.1, 0.15) is 26.3 Å². The summed E-state index contributed by atoms with van der Waals surface area (Å²) in [6.45, 7) is 7.34. The molecule has 76 heavy (non-hydrogen) atoms. The topological polar surface area (TPSA) is 33.5 Å². The standard InChI is InChI=1S/C70H52N4OS/c1-70(2,3)48-38-39-71-68(40-48)74-64-42-51(36-37-56(64)60-43-61-57-30-14-17-35-66(57)76-67(61)44-65(60)74)75-50-25-18-24-49(41-50)72-45-73(63-34-16-15-33-62(63)72)69-58(54-28-12-10-26-52(54)46-20-6-4-7-21-46)31-19-32-59(69)55-29-13-11-27-53(55)47-22-8-5-9-23-47/h4-44H,45H2,1-3H3. The molecule has 0 N–H and O–H groups in total. The Labute approximate surface area is 446 Å². The largest absolute Gasteiger partial charge is 0.457 e. The van der Waals surface area contributed by atoms with Gasteiger partial charge in [-0.15, -0.1) is 11.3 Å². The summed E-state index contributed by atoms with van der Waals surface area (Å²) in [5.74, 6) is 2.40. The molecule has 0 saturated carbocycles. The van der Waals surface area contributed by atoms with Gasteiger partial charge in [-0.1, -0.05) is 185 Å². The lowest BCUT2D eigenvalue weighted by atomic mass is 9.88. The molecule has 6 heteroatoms. The van der Waals surface area contributed by atoms with E-state index >= 15 is 0 Å². The fraction of sp³-hybridized carbons (Fsp3) is 0.0714. The van der Waals surface area contributed by atoms with E-state index in [-0.39, 0.29) is 5.41 Å². The van der Waals surface area contributed by atoms with Crippen molar-refractivity contribution in [3.05, 3.63) is 254 Å². The van der Waals surface area contributed by atoms with Crippen LogP contribution in [0.25, 0.3) is 92.3 Å². The van der Waals surface area contributed by atoms with Gasteiger partial charge in [0.15, 0.2) is 0 Å². The van der Waals surface area contributed by atoms with Gasteiger partial charge in [0.2, 0.25) is 0 Å². The molecule has 14 rings (SSSR count). The predicted octanol–water partition coefficient (Wildman–Crippen LogP) is 19.6. The maximum Gasteiger partial charge on any atom is 0.137 e. The highest BCUT2D eigenvalue weighted by Gasteiger charge is 2.32. The average Bonchev–Trinajstić information content (AvgIpc) is 4.26. The van der Waals surface area contributed by atoms with Crippen LogP contribution < -0.4 is 14.5 Å². The molecule has 0 saturated heterocycles. The fourth-order valence-corrected chi connectivity index (χ4v) is 12.6. The smallest absolute Gasteiger partial charge is 0.137 e. The quantitative estimate of drug-likeness (QED) is 0.144. The van der Waals surface area contributed by atoms with Crippen LogP contribution in [0.2, 0.25) is 0 Å². The highest BCUT2D eigenvalue weighted by Crippen LogP contribution is 2.53. The van der Waals surface area contributed by atoms with Gasteiger partial charge in [0.1, 0.15) is 24.0 Å². The maximum atomic E-state index is 6.96. The first-order valence-corrected chi connectivity index (χ1v) is 26.9. The second-order valence-electron chi connectivity index (χ2n) is 20.7. The molecule has 5 nitrogen and oxygen atoms in total. The van der Waals surface area contributed by atoms with Gasteiger partial charge in [-0.25, -0.2) is 4.98 Å². The first-order chi connectivity index (χ1) is 37.3. The van der Waals surface area contributed by atoms with Crippen LogP contribution in [0.4, 0.5) is 22.7 Å². The first kappa shape index (κ1) is 45.4. The lowest BCUT2D eigenvalue weighted by molar-refractivity contribution is 0.483. The summed E-state index contributed by atoms with van der Waals surface area (Å²) in [7, 11) is 0.